The van der Waals surface area contributed by atoms with Crippen LogP contribution in [0.25, 0.3) is 22.4 Å². The van der Waals surface area contributed by atoms with E-state index in [9.17, 15) is 9.90 Å². The van der Waals surface area contributed by atoms with Gasteiger partial charge in [-0.15, -0.1) is 24.3 Å². The van der Waals surface area contributed by atoms with E-state index in [0.29, 0.717) is 0 Å². The van der Waals surface area contributed by atoms with E-state index >= 15 is 0 Å². The third-order valence-corrected chi connectivity index (χ3v) is 9.55. The summed E-state index contributed by atoms with van der Waals surface area (Å²) >= 11 is 0. The predicted octanol–water partition coefficient (Wildman–Crippen LogP) is 6.59. The Morgan fingerprint density at radius 2 is 1.65 bits per heavy atom. The molecule has 0 aliphatic carbocycles. The molecule has 0 saturated carbocycles. The van der Waals surface area contributed by atoms with E-state index in [-0.39, 0.29) is 38.0 Å². The first kappa shape index (κ1) is 28.1. The van der Waals surface area contributed by atoms with Crippen molar-refractivity contribution in [1.29, 1.82) is 0 Å². The molecule has 0 fully saturated rings. The zero-order valence-corrected chi connectivity index (χ0v) is 24.9. The molecule has 3 aromatic rings. The number of aromatic nitrogens is 2. The van der Waals surface area contributed by atoms with Crippen LogP contribution in [0.3, 0.4) is 0 Å². The van der Waals surface area contributed by atoms with Crippen LogP contribution in [0.15, 0.2) is 54.3 Å². The summed E-state index contributed by atoms with van der Waals surface area (Å²) in [6.45, 7) is 15.8. The summed E-state index contributed by atoms with van der Waals surface area (Å²) in [7, 11) is 0.381. The van der Waals surface area contributed by atoms with Crippen LogP contribution in [0.1, 0.15) is 41.5 Å². The number of allylic oxidation sites excluding steroid dienone is 2. The molecule has 0 unspecified atom stereocenters. The summed E-state index contributed by atoms with van der Waals surface area (Å²) in [5, 5.41) is 9.56. The molecule has 34 heavy (non-hydrogen) atoms. The van der Waals surface area contributed by atoms with Gasteiger partial charge in [0.25, 0.3) is 0 Å². The summed E-state index contributed by atoms with van der Waals surface area (Å²) < 4.78 is 4.88. The van der Waals surface area contributed by atoms with E-state index < -0.39 is 13.8 Å². The van der Waals surface area contributed by atoms with Gasteiger partial charge in [-0.1, -0.05) is 64.9 Å². The number of rotatable bonds is 1. The first-order valence-electron chi connectivity index (χ1n) is 11.3. The fourth-order valence-electron chi connectivity index (χ4n) is 3.64. The Bertz CT molecular complexity index is 1220. The minimum absolute atomic E-state index is 0. The van der Waals surface area contributed by atoms with Gasteiger partial charge in [-0.05, 0) is 32.3 Å². The maximum absolute atomic E-state index is 11.5. The van der Waals surface area contributed by atoms with Gasteiger partial charge in [0.2, 0.25) is 8.40 Å². The number of ketones is 1. The first-order valence-corrected chi connectivity index (χ1v) is 14.2. The fourth-order valence-corrected chi connectivity index (χ4v) is 6.17. The smallest absolute Gasteiger partial charge is 0.246 e. The van der Waals surface area contributed by atoms with Crippen LogP contribution in [0.4, 0.5) is 5.69 Å². The van der Waals surface area contributed by atoms with E-state index in [1.807, 2.05) is 47.6 Å². The topological polar surface area (TPSA) is 58.4 Å². The number of imidazole rings is 1. The third kappa shape index (κ3) is 5.39. The van der Waals surface area contributed by atoms with Gasteiger partial charge in [-0.25, -0.2) is 0 Å². The van der Waals surface area contributed by atoms with Gasteiger partial charge in [-0.2, -0.15) is 0 Å². The van der Waals surface area contributed by atoms with Crippen molar-refractivity contribution in [2.24, 2.45) is 10.8 Å². The average molecular weight is 658 g/mol. The monoisotopic (exact) mass is 657 g/mol. The van der Waals surface area contributed by atoms with Crippen LogP contribution in [-0.4, -0.2) is 35.6 Å². The van der Waals surface area contributed by atoms with Crippen molar-refractivity contribution < 1.29 is 31.0 Å². The fraction of sp³-hybridized carbons (Fsp3) is 0.407. The summed E-state index contributed by atoms with van der Waals surface area (Å²) in [6.07, 6.45) is 1.33. The number of carbonyl (C=O) groups excluding carboxylic acids is 1. The Morgan fingerprint density at radius 3 is 2.24 bits per heavy atom. The van der Waals surface area contributed by atoms with Gasteiger partial charge in [0, 0.05) is 38.0 Å². The predicted molar refractivity (Wildman–Crippen MR) is 140 cm³/mol. The molecule has 0 saturated heterocycles. The summed E-state index contributed by atoms with van der Waals surface area (Å²) in [6, 6.07) is 18.0. The SMILES string of the molecule is CC(C)(C)C(=O)C=C(O)C(C)(C)C.CN1c2ccc[c-]c2-c2nc3ccccc3n2[Si]1(C)C.[Pt]. The Hall–Kier alpha value is -2.17. The molecule has 1 aromatic heterocycles. The first-order chi connectivity index (χ1) is 15.2. The van der Waals surface area contributed by atoms with Crippen molar-refractivity contribution in [2.45, 2.75) is 54.6 Å². The number of nitrogens with zero attached hydrogens (tertiary/aromatic N) is 3. The molecule has 0 atom stereocenters. The molecule has 0 bridgehead atoms. The number of aliphatic hydroxyl groups is 1. The van der Waals surface area contributed by atoms with Crippen LogP contribution in [0.5, 0.6) is 0 Å². The number of para-hydroxylation sites is 2. The second-order valence-electron chi connectivity index (χ2n) is 11.1. The summed E-state index contributed by atoms with van der Waals surface area (Å²) in [5.74, 6) is 1.17. The number of benzene rings is 2. The quantitative estimate of drug-likeness (QED) is 0.139. The van der Waals surface area contributed by atoms with Crippen LogP contribution in [0.2, 0.25) is 13.1 Å². The van der Waals surface area contributed by atoms with Gasteiger partial charge < -0.3 is 13.9 Å². The molecule has 1 N–H and O–H groups in total. The zero-order valence-electron chi connectivity index (χ0n) is 21.6. The van der Waals surface area contributed by atoms with Crippen molar-refractivity contribution in [3.8, 4) is 11.4 Å². The van der Waals surface area contributed by atoms with Gasteiger partial charge in [0.1, 0.15) is 5.76 Å². The summed E-state index contributed by atoms with van der Waals surface area (Å²) in [5.41, 5.74) is 3.89. The molecular formula is C27H36N3O2PtSi-. The third-order valence-electron chi connectivity index (χ3n) is 6.12. The molecule has 1 aliphatic rings. The molecule has 2 heterocycles. The van der Waals surface area contributed by atoms with Crippen molar-refractivity contribution in [3.05, 3.63) is 60.4 Å². The number of anilines is 1. The summed E-state index contributed by atoms with van der Waals surface area (Å²) in [4.78, 5) is 16.3. The second-order valence-corrected chi connectivity index (χ2v) is 15.2. The van der Waals surface area contributed by atoms with E-state index in [2.05, 4.69) is 71.4 Å². The van der Waals surface area contributed by atoms with Crippen molar-refractivity contribution >= 4 is 30.9 Å². The zero-order chi connectivity index (χ0) is 24.8. The van der Waals surface area contributed by atoms with E-state index in [1.54, 1.807) is 0 Å². The second kappa shape index (κ2) is 9.83. The van der Waals surface area contributed by atoms with Gasteiger partial charge in [-0.3, -0.25) is 9.78 Å². The molecule has 0 spiro atoms. The van der Waals surface area contributed by atoms with E-state index in [1.165, 1.54) is 17.3 Å². The standard InChI is InChI=1S/C16H16N3Si.C11H20O2.Pt/c1-18-14-10-6-4-8-12(14)16-17-13-9-5-7-11-15(13)19(16)20(18,2)3;1-10(2,3)8(12)7-9(13)11(4,5)6;/h4-7,9-11H,1-3H3;7,12H,1-6H3;/q-1;;. The molecule has 0 amide bonds. The van der Waals surface area contributed by atoms with Gasteiger partial charge in [0.15, 0.2) is 5.78 Å². The molecule has 5 nitrogen and oxygen atoms in total. The number of carbonyl (C=O) groups is 1. The van der Waals surface area contributed by atoms with Gasteiger partial charge >= 0.3 is 0 Å². The number of hydrogen-bond donors (Lipinski definition) is 1. The van der Waals surface area contributed by atoms with Crippen molar-refractivity contribution in [1.82, 2.24) is 9.22 Å². The number of fused-ring (bicyclic) bond motifs is 5. The number of aliphatic hydroxyl groups excluding tert-OH is 1. The molecule has 186 valence electrons. The maximum atomic E-state index is 11.5. The van der Waals surface area contributed by atoms with Crippen LogP contribution < -0.4 is 4.57 Å². The molecule has 1 aliphatic heterocycles. The Balaban J connectivity index is 0.000000258. The number of hydrogen-bond acceptors (Lipinski definition) is 4. The Morgan fingerprint density at radius 1 is 1.03 bits per heavy atom. The normalized spacial score (nSPS) is 15.0. The molecule has 7 heteroatoms. The molecule has 0 radical (unpaired) electrons. The molecule has 2 aromatic carbocycles. The van der Waals surface area contributed by atoms with Crippen molar-refractivity contribution in [2.75, 3.05) is 11.6 Å². The van der Waals surface area contributed by atoms with Gasteiger partial charge in [0.05, 0.1) is 16.9 Å². The Kier molecular flexibility index (Phi) is 8.11. The van der Waals surface area contributed by atoms with Crippen LogP contribution in [-0.2, 0) is 25.9 Å². The minimum Gasteiger partial charge on any atom is -0.512 e. The largest absolute Gasteiger partial charge is 0.512 e. The average Bonchev–Trinajstić information content (AvgIpc) is 3.12. The van der Waals surface area contributed by atoms with Crippen LogP contribution >= 0.6 is 0 Å². The maximum Gasteiger partial charge on any atom is 0.246 e. The molecule has 4 rings (SSSR count). The minimum atomic E-state index is -1.81. The van der Waals surface area contributed by atoms with Crippen LogP contribution in [0, 0.1) is 16.9 Å². The molecular weight excluding hydrogens is 621 g/mol. The van der Waals surface area contributed by atoms with Crippen molar-refractivity contribution in [3.63, 3.8) is 0 Å². The van der Waals surface area contributed by atoms with E-state index in [0.717, 1.165) is 16.9 Å². The Labute approximate surface area is 219 Å². The van der Waals surface area contributed by atoms with E-state index in [4.69, 9.17) is 4.98 Å².